The summed E-state index contributed by atoms with van der Waals surface area (Å²) in [4.78, 5) is 4.01. The van der Waals surface area contributed by atoms with Crippen LogP contribution < -0.4 is 5.32 Å². The number of aryl methyl sites for hydroxylation is 1. The summed E-state index contributed by atoms with van der Waals surface area (Å²) in [6.45, 7) is 1.72. The van der Waals surface area contributed by atoms with Gasteiger partial charge >= 0.3 is 6.01 Å². The summed E-state index contributed by atoms with van der Waals surface area (Å²) in [5.74, 6) is 0.200. The molecule has 1 N–H and O–H groups in total. The van der Waals surface area contributed by atoms with Gasteiger partial charge in [-0.05, 0) is 35.4 Å². The molecule has 0 aliphatic carbocycles. The van der Waals surface area contributed by atoms with Crippen LogP contribution >= 0.6 is 0 Å². The average Bonchev–Trinajstić information content (AvgIpc) is 2.92. The Hall–Kier alpha value is -2.76. The third kappa shape index (κ3) is 3.05. The Kier molecular flexibility index (Phi) is 3.59. The van der Waals surface area contributed by atoms with E-state index in [1.54, 1.807) is 31.5 Å². The molecule has 0 saturated carbocycles. The van der Waals surface area contributed by atoms with E-state index in [4.69, 9.17) is 4.42 Å². The Morgan fingerprint density at radius 2 is 1.67 bits per heavy atom. The fourth-order valence-electron chi connectivity index (χ4n) is 2.05. The van der Waals surface area contributed by atoms with Crippen molar-refractivity contribution >= 4 is 6.01 Å². The lowest BCUT2D eigenvalue weighted by molar-refractivity contribution is 0.527. The van der Waals surface area contributed by atoms with Gasteiger partial charge in [0.15, 0.2) is 0 Å². The number of aromatic nitrogens is 3. The lowest BCUT2D eigenvalue weighted by Gasteiger charge is -2.18. The molecule has 0 spiro atoms. The van der Waals surface area contributed by atoms with Crippen LogP contribution in [0.15, 0.2) is 53.2 Å². The highest BCUT2D eigenvalue weighted by atomic mass is 19.1. The summed E-state index contributed by atoms with van der Waals surface area (Å²) in [5, 5.41) is 10.9. The minimum absolute atomic E-state index is 0.228. The molecule has 0 bridgehead atoms. The van der Waals surface area contributed by atoms with Crippen molar-refractivity contribution in [1.82, 2.24) is 15.2 Å². The SMILES string of the molecule is Cc1nnc(N[C@@H](c2ccncc2)c2ccc(F)cc2)o1. The molecule has 2 heterocycles. The monoisotopic (exact) mass is 284 g/mol. The van der Waals surface area contributed by atoms with Gasteiger partial charge in [0.2, 0.25) is 5.89 Å². The first-order chi connectivity index (χ1) is 10.2. The third-order valence-electron chi connectivity index (χ3n) is 3.04. The number of benzene rings is 1. The van der Waals surface area contributed by atoms with Gasteiger partial charge in [-0.2, -0.15) is 0 Å². The van der Waals surface area contributed by atoms with Crippen molar-refractivity contribution in [3.05, 3.63) is 71.6 Å². The first-order valence-corrected chi connectivity index (χ1v) is 6.44. The normalized spacial score (nSPS) is 12.1. The Labute approximate surface area is 120 Å². The molecular formula is C15H13FN4O. The van der Waals surface area contributed by atoms with E-state index < -0.39 is 0 Å². The van der Waals surface area contributed by atoms with Gasteiger partial charge in [0.25, 0.3) is 0 Å². The van der Waals surface area contributed by atoms with Gasteiger partial charge in [-0.15, -0.1) is 5.10 Å². The molecule has 0 aliphatic rings. The van der Waals surface area contributed by atoms with Gasteiger partial charge in [0.05, 0.1) is 6.04 Å². The first-order valence-electron chi connectivity index (χ1n) is 6.44. The van der Waals surface area contributed by atoms with Crippen molar-refractivity contribution in [2.45, 2.75) is 13.0 Å². The number of rotatable bonds is 4. The van der Waals surface area contributed by atoms with Gasteiger partial charge in [0.1, 0.15) is 5.82 Å². The summed E-state index contributed by atoms with van der Waals surface area (Å²) < 4.78 is 18.5. The molecule has 3 aromatic rings. The van der Waals surface area contributed by atoms with Gasteiger partial charge in [-0.25, -0.2) is 4.39 Å². The van der Waals surface area contributed by atoms with Crippen molar-refractivity contribution in [3.8, 4) is 0 Å². The van der Waals surface area contributed by atoms with Crippen molar-refractivity contribution in [3.63, 3.8) is 0 Å². The molecule has 0 aliphatic heterocycles. The van der Waals surface area contributed by atoms with Crippen molar-refractivity contribution < 1.29 is 8.81 Å². The Bertz CT molecular complexity index is 712. The zero-order valence-electron chi connectivity index (χ0n) is 11.3. The molecule has 3 rings (SSSR count). The second kappa shape index (κ2) is 5.70. The van der Waals surface area contributed by atoms with Crippen LogP contribution in [-0.4, -0.2) is 15.2 Å². The van der Waals surface area contributed by atoms with E-state index in [-0.39, 0.29) is 11.9 Å². The van der Waals surface area contributed by atoms with E-state index >= 15 is 0 Å². The number of halogens is 1. The van der Waals surface area contributed by atoms with Crippen LogP contribution in [0.3, 0.4) is 0 Å². The fourth-order valence-corrected chi connectivity index (χ4v) is 2.05. The molecule has 0 amide bonds. The third-order valence-corrected chi connectivity index (χ3v) is 3.04. The predicted molar refractivity (Wildman–Crippen MR) is 75.1 cm³/mol. The summed E-state index contributed by atoms with van der Waals surface area (Å²) in [7, 11) is 0. The van der Waals surface area contributed by atoms with Crippen LogP contribution in [0.4, 0.5) is 10.4 Å². The maximum Gasteiger partial charge on any atom is 0.316 e. The quantitative estimate of drug-likeness (QED) is 0.797. The van der Waals surface area contributed by atoms with Crippen LogP contribution in [0.1, 0.15) is 23.1 Å². The molecule has 0 unspecified atom stereocenters. The molecular weight excluding hydrogens is 271 g/mol. The highest BCUT2D eigenvalue weighted by Crippen LogP contribution is 2.26. The molecule has 0 saturated heterocycles. The lowest BCUT2D eigenvalue weighted by Crippen LogP contribution is -2.12. The van der Waals surface area contributed by atoms with Crippen LogP contribution in [0.2, 0.25) is 0 Å². The zero-order valence-corrected chi connectivity index (χ0v) is 11.3. The first kappa shape index (κ1) is 13.2. The van der Waals surface area contributed by atoms with E-state index in [2.05, 4.69) is 20.5 Å². The molecule has 1 atom stereocenters. The second-order valence-electron chi connectivity index (χ2n) is 4.54. The molecule has 6 heteroatoms. The van der Waals surface area contributed by atoms with Crippen molar-refractivity contribution in [2.24, 2.45) is 0 Å². The van der Waals surface area contributed by atoms with Crippen molar-refractivity contribution in [2.75, 3.05) is 5.32 Å². The van der Waals surface area contributed by atoms with E-state index in [0.29, 0.717) is 11.9 Å². The molecule has 106 valence electrons. The molecule has 2 aromatic heterocycles. The van der Waals surface area contributed by atoms with E-state index in [1.165, 1.54) is 12.1 Å². The topological polar surface area (TPSA) is 63.8 Å². The number of nitrogens with one attached hydrogen (secondary N) is 1. The average molecular weight is 284 g/mol. The number of hydrogen-bond donors (Lipinski definition) is 1. The van der Waals surface area contributed by atoms with E-state index in [1.807, 2.05) is 12.1 Å². The van der Waals surface area contributed by atoms with Crippen molar-refractivity contribution in [1.29, 1.82) is 0 Å². The van der Waals surface area contributed by atoms with Crippen LogP contribution in [0, 0.1) is 12.7 Å². The van der Waals surface area contributed by atoms with E-state index in [9.17, 15) is 4.39 Å². The van der Waals surface area contributed by atoms with Crippen LogP contribution in [0.5, 0.6) is 0 Å². The van der Waals surface area contributed by atoms with Crippen LogP contribution in [-0.2, 0) is 0 Å². The second-order valence-corrected chi connectivity index (χ2v) is 4.54. The highest BCUT2D eigenvalue weighted by molar-refractivity contribution is 5.38. The summed E-state index contributed by atoms with van der Waals surface area (Å²) in [6.07, 6.45) is 3.40. The van der Waals surface area contributed by atoms with Gasteiger partial charge in [-0.1, -0.05) is 17.2 Å². The minimum Gasteiger partial charge on any atom is -0.408 e. The zero-order chi connectivity index (χ0) is 14.7. The molecule has 0 radical (unpaired) electrons. The van der Waals surface area contributed by atoms with Crippen LogP contribution in [0.25, 0.3) is 0 Å². The van der Waals surface area contributed by atoms with E-state index in [0.717, 1.165) is 11.1 Å². The molecule has 1 aromatic carbocycles. The summed E-state index contributed by atoms with van der Waals surface area (Å²) in [5.41, 5.74) is 1.85. The molecule has 21 heavy (non-hydrogen) atoms. The molecule has 5 nitrogen and oxygen atoms in total. The largest absolute Gasteiger partial charge is 0.408 e. The summed E-state index contributed by atoms with van der Waals surface area (Å²) >= 11 is 0. The Morgan fingerprint density at radius 1 is 1.00 bits per heavy atom. The predicted octanol–water partition coefficient (Wildman–Crippen LogP) is 3.11. The standard InChI is InChI=1S/C15H13FN4O/c1-10-19-20-15(21-10)18-14(12-6-8-17-9-7-12)11-2-4-13(16)5-3-11/h2-9,14H,1H3,(H,18,20)/t14-/m1/s1. The smallest absolute Gasteiger partial charge is 0.316 e. The maximum atomic E-state index is 13.1. The Balaban J connectivity index is 1.96. The minimum atomic E-state index is -0.277. The number of pyridine rings is 1. The summed E-state index contributed by atoms with van der Waals surface area (Å²) in [6, 6.07) is 10.1. The number of anilines is 1. The maximum absolute atomic E-state index is 13.1. The van der Waals surface area contributed by atoms with Gasteiger partial charge in [-0.3, -0.25) is 4.98 Å². The lowest BCUT2D eigenvalue weighted by atomic mass is 10.00. The fraction of sp³-hybridized carbons (Fsp3) is 0.133. The van der Waals surface area contributed by atoms with Gasteiger partial charge < -0.3 is 9.73 Å². The number of hydrogen-bond acceptors (Lipinski definition) is 5. The Morgan fingerprint density at radius 3 is 2.29 bits per heavy atom. The highest BCUT2D eigenvalue weighted by Gasteiger charge is 2.16. The van der Waals surface area contributed by atoms with Gasteiger partial charge in [0, 0.05) is 19.3 Å². The molecule has 0 fully saturated rings. The number of nitrogens with zero attached hydrogens (tertiary/aromatic N) is 3.